The molecule has 1 aliphatic heterocycles. The van der Waals surface area contributed by atoms with Gasteiger partial charge in [0.15, 0.2) is 16.8 Å². The van der Waals surface area contributed by atoms with Crippen molar-refractivity contribution in [2.45, 2.75) is 32.4 Å². The molecule has 0 aliphatic carbocycles. The summed E-state index contributed by atoms with van der Waals surface area (Å²) in [6.07, 6.45) is 4.62. The fourth-order valence-corrected chi connectivity index (χ4v) is 5.31. The van der Waals surface area contributed by atoms with Crippen LogP contribution < -0.4 is 15.5 Å². The van der Waals surface area contributed by atoms with E-state index < -0.39 is 29.2 Å². The number of nitrogens with zero attached hydrogens (tertiary/aromatic N) is 4. The second-order valence-corrected chi connectivity index (χ2v) is 9.71. The highest BCUT2D eigenvalue weighted by Crippen LogP contribution is 2.39. The number of carbonyl (C=O) groups is 2. The Bertz CT molecular complexity index is 1480. The maximum Gasteiger partial charge on any atom is 0.274 e. The fraction of sp³-hybridized carbons (Fsp3) is 0.231. The second kappa shape index (κ2) is 10.7. The molecule has 0 radical (unpaired) electrons. The zero-order chi connectivity index (χ0) is 26.8. The maximum atomic E-state index is 14.6. The molecule has 1 saturated heterocycles. The van der Waals surface area contributed by atoms with Crippen LogP contribution in [0.15, 0.2) is 54.2 Å². The Balaban J connectivity index is 1.30. The highest BCUT2D eigenvalue weighted by atomic mass is 32.1. The van der Waals surface area contributed by atoms with Crippen molar-refractivity contribution in [2.24, 2.45) is 0 Å². The third kappa shape index (κ3) is 5.40. The predicted molar refractivity (Wildman–Crippen MR) is 138 cm³/mol. The van der Waals surface area contributed by atoms with Gasteiger partial charge in [-0.1, -0.05) is 0 Å². The molecule has 1 aromatic carbocycles. The summed E-state index contributed by atoms with van der Waals surface area (Å²) < 4.78 is 44.3. The molecule has 1 atom stereocenters. The molecule has 196 valence electrons. The van der Waals surface area contributed by atoms with Gasteiger partial charge >= 0.3 is 0 Å². The van der Waals surface area contributed by atoms with Gasteiger partial charge in [-0.2, -0.15) is 4.39 Å². The molecule has 0 bridgehead atoms. The summed E-state index contributed by atoms with van der Waals surface area (Å²) in [7, 11) is 0. The summed E-state index contributed by atoms with van der Waals surface area (Å²) in [5.74, 6) is -3.24. The minimum Gasteiger partial charge on any atom is -0.363 e. The number of hydrogen-bond donors (Lipinski definition) is 2. The number of carbonyl (C=O) groups excluding carboxylic acids is 2. The number of halogens is 3. The molecule has 4 aromatic rings. The Labute approximate surface area is 220 Å². The Morgan fingerprint density at radius 2 is 1.92 bits per heavy atom. The lowest BCUT2D eigenvalue weighted by Crippen LogP contribution is -2.23. The highest BCUT2D eigenvalue weighted by molar-refractivity contribution is 7.14. The molecule has 3 aromatic heterocycles. The van der Waals surface area contributed by atoms with Crippen molar-refractivity contribution in [1.29, 1.82) is 0 Å². The van der Waals surface area contributed by atoms with E-state index in [-0.39, 0.29) is 11.9 Å². The van der Waals surface area contributed by atoms with Crippen LogP contribution in [0.5, 0.6) is 0 Å². The number of pyridine rings is 1. The van der Waals surface area contributed by atoms with Gasteiger partial charge in [-0.3, -0.25) is 14.9 Å². The first-order valence-corrected chi connectivity index (χ1v) is 12.7. The average Bonchev–Trinajstić information content (AvgIpc) is 3.62. The van der Waals surface area contributed by atoms with Gasteiger partial charge in [0.1, 0.15) is 11.4 Å². The van der Waals surface area contributed by atoms with Crippen molar-refractivity contribution in [2.75, 3.05) is 22.1 Å². The molecular weight excluding hydrogens is 517 g/mol. The van der Waals surface area contributed by atoms with E-state index in [2.05, 4.69) is 20.6 Å². The summed E-state index contributed by atoms with van der Waals surface area (Å²) in [5, 5.41) is 7.18. The number of benzene rings is 1. The molecule has 8 nitrogen and oxygen atoms in total. The molecular formula is C26H23F3N6O2S. The monoisotopic (exact) mass is 540 g/mol. The van der Waals surface area contributed by atoms with Crippen LogP contribution in [0.4, 0.5) is 29.7 Å². The summed E-state index contributed by atoms with van der Waals surface area (Å²) in [5.41, 5.74) is 1.59. The van der Waals surface area contributed by atoms with Crippen molar-refractivity contribution in [3.8, 4) is 0 Å². The van der Waals surface area contributed by atoms with E-state index in [0.29, 0.717) is 40.9 Å². The largest absolute Gasteiger partial charge is 0.363 e. The number of nitrogens with one attached hydrogen (secondary N) is 2. The van der Waals surface area contributed by atoms with Gasteiger partial charge in [0.2, 0.25) is 11.9 Å². The molecule has 4 heterocycles. The van der Waals surface area contributed by atoms with E-state index >= 15 is 0 Å². The summed E-state index contributed by atoms with van der Waals surface area (Å²) in [4.78, 5) is 34.2. The quantitative estimate of drug-likeness (QED) is 0.308. The molecule has 2 N–H and O–H groups in total. The summed E-state index contributed by atoms with van der Waals surface area (Å²) >= 11 is 1.25. The third-order valence-electron chi connectivity index (χ3n) is 6.20. The van der Waals surface area contributed by atoms with Crippen molar-refractivity contribution < 1.29 is 22.8 Å². The van der Waals surface area contributed by atoms with Crippen LogP contribution in [0.1, 0.15) is 47.6 Å². The number of rotatable bonds is 7. The van der Waals surface area contributed by atoms with E-state index in [4.69, 9.17) is 0 Å². The predicted octanol–water partition coefficient (Wildman–Crippen LogP) is 5.36. The number of thiazole rings is 1. The van der Waals surface area contributed by atoms with Crippen LogP contribution in [-0.2, 0) is 11.3 Å². The Morgan fingerprint density at radius 3 is 2.66 bits per heavy atom. The van der Waals surface area contributed by atoms with Gasteiger partial charge in [-0.25, -0.2) is 18.7 Å². The van der Waals surface area contributed by atoms with Crippen molar-refractivity contribution in [3.05, 3.63) is 88.7 Å². The standard InChI is InChI=1S/C26H23F3N6O2S/c1-15(36)31-24-18(27)11-17(12-19(24)28)35-9-3-4-21(35)20-14-38-26(32-20)33-25(37)22-5-2-8-34(22)13-16-6-7-30-23(29)10-16/h2,5-8,10-12,14,21H,3-4,9,13H2,1H3,(H,31,36)(H,32,33,37)/t21-/m1/s1. The van der Waals surface area contributed by atoms with Gasteiger partial charge in [0.05, 0.1) is 11.7 Å². The van der Waals surface area contributed by atoms with Crippen molar-refractivity contribution in [3.63, 3.8) is 0 Å². The first kappa shape index (κ1) is 25.5. The minimum atomic E-state index is -0.857. The molecule has 0 unspecified atom stereocenters. The highest BCUT2D eigenvalue weighted by Gasteiger charge is 2.30. The Morgan fingerprint density at radius 1 is 1.13 bits per heavy atom. The molecule has 38 heavy (non-hydrogen) atoms. The van der Waals surface area contributed by atoms with E-state index in [1.165, 1.54) is 42.7 Å². The molecule has 2 amide bonds. The second-order valence-electron chi connectivity index (χ2n) is 8.86. The number of amides is 2. The van der Waals surface area contributed by atoms with Gasteiger partial charge in [0, 0.05) is 43.5 Å². The topological polar surface area (TPSA) is 92.2 Å². The van der Waals surface area contributed by atoms with Crippen LogP contribution in [-0.4, -0.2) is 32.9 Å². The smallest absolute Gasteiger partial charge is 0.274 e. The zero-order valence-electron chi connectivity index (χ0n) is 20.2. The Kier molecular flexibility index (Phi) is 7.14. The van der Waals surface area contributed by atoms with E-state index in [1.807, 2.05) is 10.3 Å². The molecule has 12 heteroatoms. The van der Waals surface area contributed by atoms with E-state index in [0.717, 1.165) is 12.8 Å². The number of aromatic nitrogens is 3. The molecule has 0 saturated carbocycles. The summed E-state index contributed by atoms with van der Waals surface area (Å²) in [6.45, 7) is 2.05. The minimum absolute atomic E-state index is 0.229. The number of anilines is 3. The van der Waals surface area contributed by atoms with Crippen molar-refractivity contribution >= 4 is 39.7 Å². The lowest BCUT2D eigenvalue weighted by atomic mass is 10.1. The van der Waals surface area contributed by atoms with Crippen LogP contribution in [0, 0.1) is 17.6 Å². The molecule has 5 rings (SSSR count). The third-order valence-corrected chi connectivity index (χ3v) is 6.98. The summed E-state index contributed by atoms with van der Waals surface area (Å²) in [6, 6.07) is 8.55. The van der Waals surface area contributed by atoms with Crippen LogP contribution in [0.2, 0.25) is 0 Å². The van der Waals surface area contributed by atoms with Gasteiger partial charge in [-0.15, -0.1) is 11.3 Å². The lowest BCUT2D eigenvalue weighted by Gasteiger charge is -2.26. The van der Waals surface area contributed by atoms with E-state index in [1.54, 1.807) is 29.0 Å². The first-order valence-electron chi connectivity index (χ1n) is 11.8. The van der Waals surface area contributed by atoms with Crippen LogP contribution in [0.3, 0.4) is 0 Å². The average molecular weight is 541 g/mol. The van der Waals surface area contributed by atoms with Crippen LogP contribution >= 0.6 is 11.3 Å². The zero-order valence-corrected chi connectivity index (χ0v) is 21.1. The number of hydrogen-bond acceptors (Lipinski definition) is 6. The fourth-order valence-electron chi connectivity index (χ4n) is 4.56. The van der Waals surface area contributed by atoms with Crippen LogP contribution in [0.25, 0.3) is 0 Å². The SMILES string of the molecule is CC(=O)Nc1c(F)cc(N2CCC[C@@H]2c2csc(NC(=O)c3cccn3Cc3ccnc(F)c3)n2)cc1F. The van der Waals surface area contributed by atoms with Gasteiger partial charge < -0.3 is 14.8 Å². The molecule has 0 spiro atoms. The normalized spacial score (nSPS) is 15.1. The molecule has 1 aliphatic rings. The van der Waals surface area contributed by atoms with Gasteiger partial charge in [0.25, 0.3) is 5.91 Å². The maximum absolute atomic E-state index is 14.6. The lowest BCUT2D eigenvalue weighted by molar-refractivity contribution is -0.114. The van der Waals surface area contributed by atoms with E-state index in [9.17, 15) is 22.8 Å². The molecule has 1 fully saturated rings. The first-order chi connectivity index (χ1) is 18.3. The van der Waals surface area contributed by atoms with Crippen molar-refractivity contribution in [1.82, 2.24) is 14.5 Å². The van der Waals surface area contributed by atoms with Gasteiger partial charge in [-0.05, 0) is 54.8 Å². The Hall–Kier alpha value is -4.19.